The van der Waals surface area contributed by atoms with Gasteiger partial charge in [-0.3, -0.25) is 19.3 Å². The number of hydrogen-bond acceptors (Lipinski definition) is 4. The van der Waals surface area contributed by atoms with Crippen molar-refractivity contribution in [3.8, 4) is 0 Å². The number of nitrogens with zero attached hydrogens (tertiary/aromatic N) is 1. The van der Waals surface area contributed by atoms with E-state index in [1.165, 1.54) is 4.90 Å². The zero-order chi connectivity index (χ0) is 13.2. The third-order valence-electron chi connectivity index (χ3n) is 2.54. The highest BCUT2D eigenvalue weighted by Crippen LogP contribution is 2.16. The van der Waals surface area contributed by atoms with Crippen molar-refractivity contribution in [2.75, 3.05) is 0 Å². The third kappa shape index (κ3) is 3.96. The smallest absolute Gasteiger partial charge is 0.252 e. The second kappa shape index (κ2) is 6.70. The van der Waals surface area contributed by atoms with Gasteiger partial charge in [0.15, 0.2) is 0 Å². The van der Waals surface area contributed by atoms with Gasteiger partial charge in [-0.1, -0.05) is 0 Å². The van der Waals surface area contributed by atoms with Gasteiger partial charge >= 0.3 is 0 Å². The van der Waals surface area contributed by atoms with Crippen LogP contribution in [-0.4, -0.2) is 40.7 Å². The lowest BCUT2D eigenvalue weighted by molar-refractivity contribution is -0.141. The van der Waals surface area contributed by atoms with Gasteiger partial charge < -0.3 is 11.1 Å². The zero-order valence-electron chi connectivity index (χ0n) is 10.8. The number of hydrogen-bond donors (Lipinski definition) is 2. The average Bonchev–Trinajstić information content (AvgIpc) is 2.39. The summed E-state index contributed by atoms with van der Waals surface area (Å²) in [7, 11) is 0. The van der Waals surface area contributed by atoms with E-state index in [-0.39, 0.29) is 55.1 Å². The van der Waals surface area contributed by atoms with Crippen molar-refractivity contribution < 1.29 is 14.4 Å². The molecule has 0 aromatic rings. The lowest BCUT2D eigenvalue weighted by Gasteiger charge is -2.19. The quantitative estimate of drug-likeness (QED) is 0.696. The second-order valence-electron chi connectivity index (χ2n) is 4.70. The summed E-state index contributed by atoms with van der Waals surface area (Å²) >= 11 is 0. The number of carbonyl (C=O) groups excluding carboxylic acids is 3. The molecule has 1 aliphatic rings. The minimum absolute atomic E-state index is 0. The molecule has 0 aromatic heterocycles. The summed E-state index contributed by atoms with van der Waals surface area (Å²) in [6.45, 7) is 5.24. The molecule has 6 nitrogen and oxygen atoms in total. The highest BCUT2D eigenvalue weighted by molar-refractivity contribution is 6.07. The number of carbonyl (C=O) groups is 3. The lowest BCUT2D eigenvalue weighted by Crippen LogP contribution is -2.44. The molecule has 3 amide bonds. The Morgan fingerprint density at radius 2 is 2.00 bits per heavy atom. The lowest BCUT2D eigenvalue weighted by atomic mass is 10.2. The Labute approximate surface area is 113 Å². The Balaban J connectivity index is 0.00000289. The van der Waals surface area contributed by atoms with Gasteiger partial charge in [0.2, 0.25) is 11.8 Å². The fourth-order valence-electron chi connectivity index (χ4n) is 1.85. The van der Waals surface area contributed by atoms with Gasteiger partial charge in [0, 0.05) is 18.5 Å². The maximum absolute atomic E-state index is 11.8. The van der Waals surface area contributed by atoms with E-state index in [1.54, 1.807) is 20.8 Å². The molecule has 0 saturated carbocycles. The van der Waals surface area contributed by atoms with E-state index in [2.05, 4.69) is 5.32 Å². The van der Waals surface area contributed by atoms with Crippen LogP contribution in [0.5, 0.6) is 0 Å². The van der Waals surface area contributed by atoms with Crippen LogP contribution < -0.4 is 11.1 Å². The molecule has 18 heavy (non-hydrogen) atoms. The van der Waals surface area contributed by atoms with Gasteiger partial charge in [-0.25, -0.2) is 0 Å². The van der Waals surface area contributed by atoms with Gasteiger partial charge in [0.25, 0.3) is 5.91 Å². The van der Waals surface area contributed by atoms with Crippen molar-refractivity contribution in [3.05, 3.63) is 0 Å². The Morgan fingerprint density at radius 3 is 2.39 bits per heavy atom. The van der Waals surface area contributed by atoms with Crippen molar-refractivity contribution in [3.63, 3.8) is 0 Å². The van der Waals surface area contributed by atoms with Gasteiger partial charge in [-0.2, -0.15) is 0 Å². The molecule has 2 unspecified atom stereocenters. The predicted octanol–water partition coefficient (Wildman–Crippen LogP) is -0.202. The van der Waals surface area contributed by atoms with Crippen LogP contribution >= 0.6 is 12.4 Å². The number of likely N-dealkylation sites (tertiary alicyclic amines) is 1. The molecule has 1 saturated heterocycles. The monoisotopic (exact) mass is 277 g/mol. The summed E-state index contributed by atoms with van der Waals surface area (Å²) in [5.74, 6) is -0.865. The van der Waals surface area contributed by atoms with Crippen LogP contribution in [0.1, 0.15) is 33.6 Å². The first-order valence-electron chi connectivity index (χ1n) is 5.73. The molecule has 0 aromatic carbocycles. The largest absolute Gasteiger partial charge is 0.344 e. The molecule has 0 spiro atoms. The molecular weight excluding hydrogens is 258 g/mol. The molecule has 1 heterocycles. The van der Waals surface area contributed by atoms with Crippen LogP contribution in [0.3, 0.4) is 0 Å². The van der Waals surface area contributed by atoms with Gasteiger partial charge in [-0.15, -0.1) is 12.4 Å². The van der Waals surface area contributed by atoms with Gasteiger partial charge in [0.05, 0.1) is 6.42 Å². The van der Waals surface area contributed by atoms with Crippen molar-refractivity contribution in [1.29, 1.82) is 0 Å². The molecule has 0 bridgehead atoms. The van der Waals surface area contributed by atoms with Crippen molar-refractivity contribution in [2.24, 2.45) is 5.73 Å². The Hall–Kier alpha value is -1.14. The van der Waals surface area contributed by atoms with Crippen molar-refractivity contribution >= 4 is 30.1 Å². The highest BCUT2D eigenvalue weighted by Gasteiger charge is 2.40. The summed E-state index contributed by atoms with van der Waals surface area (Å²) in [6, 6.07) is -1.16. The van der Waals surface area contributed by atoms with Crippen LogP contribution in [-0.2, 0) is 14.4 Å². The van der Waals surface area contributed by atoms with E-state index in [9.17, 15) is 14.4 Å². The van der Waals surface area contributed by atoms with E-state index < -0.39 is 6.04 Å². The molecule has 0 aliphatic carbocycles. The van der Waals surface area contributed by atoms with Crippen LogP contribution in [0, 0.1) is 0 Å². The van der Waals surface area contributed by atoms with E-state index in [0.717, 1.165) is 0 Å². The standard InChI is InChI=1S/C11H19N3O3.ClH/c1-6(2)14-10(16)5-8(11(14)17)13-9(15)4-7(3)12;/h6-8H,4-5,12H2,1-3H3,(H,13,15);1H. The number of nitrogens with two attached hydrogens (primary N) is 1. The third-order valence-corrected chi connectivity index (χ3v) is 2.54. The molecule has 2 atom stereocenters. The first-order chi connectivity index (χ1) is 7.82. The van der Waals surface area contributed by atoms with E-state index in [1.807, 2.05) is 0 Å². The molecule has 0 radical (unpaired) electrons. The van der Waals surface area contributed by atoms with Crippen LogP contribution in [0.25, 0.3) is 0 Å². The fourth-order valence-corrected chi connectivity index (χ4v) is 1.85. The Bertz CT molecular complexity index is 344. The molecule has 1 aliphatic heterocycles. The molecule has 104 valence electrons. The summed E-state index contributed by atoms with van der Waals surface area (Å²) in [4.78, 5) is 36.1. The maximum Gasteiger partial charge on any atom is 0.252 e. The van der Waals surface area contributed by atoms with Crippen LogP contribution in [0.4, 0.5) is 0 Å². The Morgan fingerprint density at radius 1 is 1.44 bits per heavy atom. The summed E-state index contributed by atoms with van der Waals surface area (Å²) in [6.07, 6.45) is 0.196. The van der Waals surface area contributed by atoms with Crippen molar-refractivity contribution in [2.45, 2.75) is 51.7 Å². The minimum Gasteiger partial charge on any atom is -0.344 e. The zero-order valence-corrected chi connectivity index (χ0v) is 11.6. The van der Waals surface area contributed by atoms with Crippen LogP contribution in [0.2, 0.25) is 0 Å². The number of imide groups is 1. The topological polar surface area (TPSA) is 92.5 Å². The van der Waals surface area contributed by atoms with E-state index in [4.69, 9.17) is 5.73 Å². The summed E-state index contributed by atoms with van der Waals surface area (Å²) in [5.41, 5.74) is 5.48. The molecular formula is C11H20ClN3O3. The first-order valence-corrected chi connectivity index (χ1v) is 5.73. The Kier molecular flexibility index (Phi) is 6.28. The molecule has 7 heteroatoms. The van der Waals surface area contributed by atoms with E-state index in [0.29, 0.717) is 0 Å². The highest BCUT2D eigenvalue weighted by atomic mass is 35.5. The van der Waals surface area contributed by atoms with Crippen molar-refractivity contribution in [1.82, 2.24) is 10.2 Å². The minimum atomic E-state index is -0.726. The molecule has 1 rings (SSSR count). The predicted molar refractivity (Wildman–Crippen MR) is 69.1 cm³/mol. The number of amides is 3. The normalized spacial score (nSPS) is 20.9. The first kappa shape index (κ1) is 16.9. The SMILES string of the molecule is CC(N)CC(=O)NC1CC(=O)N(C(C)C)C1=O.Cl. The average molecular weight is 278 g/mol. The number of rotatable bonds is 4. The summed E-state index contributed by atoms with van der Waals surface area (Å²) < 4.78 is 0. The fraction of sp³-hybridized carbons (Fsp3) is 0.727. The number of halogens is 1. The maximum atomic E-state index is 11.8. The number of nitrogens with one attached hydrogen (secondary N) is 1. The van der Waals surface area contributed by atoms with Gasteiger partial charge in [0.1, 0.15) is 6.04 Å². The summed E-state index contributed by atoms with van der Waals surface area (Å²) in [5, 5.41) is 2.54. The second-order valence-corrected chi connectivity index (χ2v) is 4.70. The molecule has 3 N–H and O–H groups in total. The van der Waals surface area contributed by atoms with E-state index >= 15 is 0 Å². The van der Waals surface area contributed by atoms with Gasteiger partial charge in [-0.05, 0) is 20.8 Å². The molecule has 1 fully saturated rings. The van der Waals surface area contributed by atoms with Crippen LogP contribution in [0.15, 0.2) is 0 Å².